The van der Waals surface area contributed by atoms with Gasteiger partial charge in [-0.3, -0.25) is 4.79 Å². The second-order valence-corrected chi connectivity index (χ2v) is 6.10. The first kappa shape index (κ1) is 14.2. The van der Waals surface area contributed by atoms with Crippen LogP contribution in [0.1, 0.15) is 6.92 Å². The van der Waals surface area contributed by atoms with E-state index in [1.54, 1.807) is 24.5 Å². The molecule has 100 valence electrons. The molecular formula is C12H12ClN3OS2. The summed E-state index contributed by atoms with van der Waals surface area (Å²) in [5.74, 6) is -0.206. The Morgan fingerprint density at radius 1 is 1.42 bits per heavy atom. The number of thiazole rings is 1. The van der Waals surface area contributed by atoms with Crippen molar-refractivity contribution >= 4 is 51.6 Å². The Bertz CT molecular complexity index is 528. The Labute approximate surface area is 124 Å². The molecule has 0 aliphatic rings. The second kappa shape index (κ2) is 6.79. The van der Waals surface area contributed by atoms with Crippen LogP contribution in [0, 0.1) is 0 Å². The lowest BCUT2D eigenvalue weighted by Crippen LogP contribution is -2.20. The smallest absolute Gasteiger partial charge is 0.242 e. The first-order valence-electron chi connectivity index (χ1n) is 5.52. The van der Waals surface area contributed by atoms with Crippen LogP contribution in [0.15, 0.2) is 40.7 Å². The maximum absolute atomic E-state index is 11.4. The molecule has 1 unspecified atom stereocenters. The third-order valence-corrected chi connectivity index (χ3v) is 3.99. The fourth-order valence-electron chi connectivity index (χ4n) is 1.22. The summed E-state index contributed by atoms with van der Waals surface area (Å²) in [6.45, 7) is 1.64. The van der Waals surface area contributed by atoms with Gasteiger partial charge >= 0.3 is 0 Å². The van der Waals surface area contributed by atoms with Crippen LogP contribution >= 0.6 is 34.9 Å². The van der Waals surface area contributed by atoms with Crippen molar-refractivity contribution in [3.05, 3.63) is 35.8 Å². The molecule has 1 aromatic carbocycles. The number of hydrogen-bond acceptors (Lipinski definition) is 5. The Morgan fingerprint density at radius 2 is 2.16 bits per heavy atom. The van der Waals surface area contributed by atoms with Crippen LogP contribution in [0.5, 0.6) is 0 Å². The van der Waals surface area contributed by atoms with E-state index in [1.807, 2.05) is 29.6 Å². The molecule has 0 spiro atoms. The third-order valence-electron chi connectivity index (χ3n) is 2.17. The molecule has 0 saturated carbocycles. The Kier molecular flexibility index (Phi) is 5.07. The van der Waals surface area contributed by atoms with E-state index in [2.05, 4.69) is 15.0 Å². The van der Waals surface area contributed by atoms with Crippen molar-refractivity contribution < 1.29 is 4.79 Å². The zero-order valence-corrected chi connectivity index (χ0v) is 12.5. The number of benzene rings is 1. The van der Waals surface area contributed by atoms with Crippen LogP contribution in [-0.2, 0) is 4.79 Å². The molecule has 0 bridgehead atoms. The van der Waals surface area contributed by atoms with Crippen LogP contribution < -0.4 is 10.0 Å². The van der Waals surface area contributed by atoms with Crippen molar-refractivity contribution in [3.8, 4) is 0 Å². The summed E-state index contributed by atoms with van der Waals surface area (Å²) < 4.78 is 3.14. The zero-order valence-electron chi connectivity index (χ0n) is 10.1. The number of aromatic nitrogens is 1. The van der Waals surface area contributed by atoms with Gasteiger partial charge in [-0.2, -0.15) is 0 Å². The summed E-state index contributed by atoms with van der Waals surface area (Å²) in [4.78, 5) is 16.6. The Balaban J connectivity index is 1.89. The SMILES string of the molecule is CC(Cl)C(=O)Nc1ccc(SNc2nccs2)cc1. The number of carbonyl (C=O) groups is 1. The van der Waals surface area contributed by atoms with Gasteiger partial charge in [0.25, 0.3) is 0 Å². The average molecular weight is 314 g/mol. The summed E-state index contributed by atoms with van der Waals surface area (Å²) in [7, 11) is 0. The summed E-state index contributed by atoms with van der Waals surface area (Å²) in [6, 6.07) is 7.51. The summed E-state index contributed by atoms with van der Waals surface area (Å²) >= 11 is 8.70. The van der Waals surface area contributed by atoms with Crippen molar-refractivity contribution in [1.82, 2.24) is 4.98 Å². The monoisotopic (exact) mass is 313 g/mol. The highest BCUT2D eigenvalue weighted by atomic mass is 35.5. The van der Waals surface area contributed by atoms with Gasteiger partial charge in [0, 0.05) is 22.2 Å². The maximum atomic E-state index is 11.4. The molecule has 19 heavy (non-hydrogen) atoms. The lowest BCUT2D eigenvalue weighted by Gasteiger charge is -2.07. The molecule has 7 heteroatoms. The number of nitrogens with one attached hydrogen (secondary N) is 2. The van der Waals surface area contributed by atoms with Gasteiger partial charge in [0.1, 0.15) is 5.38 Å². The molecule has 1 atom stereocenters. The predicted octanol–water partition coefficient (Wildman–Crippen LogP) is 3.83. The van der Waals surface area contributed by atoms with Gasteiger partial charge in [0.15, 0.2) is 5.13 Å². The van der Waals surface area contributed by atoms with Crippen LogP contribution in [0.3, 0.4) is 0 Å². The molecule has 0 radical (unpaired) electrons. The number of carbonyl (C=O) groups excluding carboxylic acids is 1. The molecule has 4 nitrogen and oxygen atoms in total. The summed E-state index contributed by atoms with van der Waals surface area (Å²) in [5.41, 5.74) is 0.732. The van der Waals surface area contributed by atoms with E-state index in [4.69, 9.17) is 11.6 Å². The van der Waals surface area contributed by atoms with Gasteiger partial charge < -0.3 is 10.0 Å². The van der Waals surface area contributed by atoms with Crippen molar-refractivity contribution in [1.29, 1.82) is 0 Å². The highest BCUT2D eigenvalue weighted by Crippen LogP contribution is 2.23. The molecule has 2 rings (SSSR count). The molecule has 0 fully saturated rings. The number of rotatable bonds is 5. The molecule has 2 N–H and O–H groups in total. The molecule has 1 amide bonds. The third kappa shape index (κ3) is 4.41. The van der Waals surface area contributed by atoms with Gasteiger partial charge in [-0.1, -0.05) is 0 Å². The van der Waals surface area contributed by atoms with Crippen molar-refractivity contribution in [2.24, 2.45) is 0 Å². The predicted molar refractivity (Wildman–Crippen MR) is 82.0 cm³/mol. The lowest BCUT2D eigenvalue weighted by atomic mass is 10.3. The van der Waals surface area contributed by atoms with E-state index in [0.717, 1.165) is 15.7 Å². The first-order chi connectivity index (χ1) is 9.15. The summed E-state index contributed by atoms with van der Waals surface area (Å²) in [6.07, 6.45) is 1.75. The van der Waals surface area contributed by atoms with E-state index in [-0.39, 0.29) is 5.91 Å². The van der Waals surface area contributed by atoms with Crippen LogP contribution in [0.4, 0.5) is 10.8 Å². The number of anilines is 2. The molecule has 0 aliphatic carbocycles. The van der Waals surface area contributed by atoms with E-state index in [1.165, 1.54) is 11.9 Å². The van der Waals surface area contributed by atoms with Crippen molar-refractivity contribution in [2.75, 3.05) is 10.0 Å². The number of alkyl halides is 1. The zero-order chi connectivity index (χ0) is 13.7. The van der Waals surface area contributed by atoms with Gasteiger partial charge in [0.2, 0.25) is 5.91 Å². The molecule has 1 aromatic heterocycles. The van der Waals surface area contributed by atoms with Gasteiger partial charge in [-0.25, -0.2) is 4.98 Å². The van der Waals surface area contributed by atoms with E-state index in [0.29, 0.717) is 0 Å². The number of nitrogens with zero attached hydrogens (tertiary/aromatic N) is 1. The minimum atomic E-state index is -0.541. The molecule has 2 aromatic rings. The van der Waals surface area contributed by atoms with Crippen molar-refractivity contribution in [3.63, 3.8) is 0 Å². The maximum Gasteiger partial charge on any atom is 0.242 e. The minimum Gasteiger partial charge on any atom is -0.325 e. The largest absolute Gasteiger partial charge is 0.325 e. The Morgan fingerprint density at radius 3 is 2.74 bits per heavy atom. The Hall–Kier alpha value is -1.24. The second-order valence-electron chi connectivity index (χ2n) is 3.67. The van der Waals surface area contributed by atoms with Crippen molar-refractivity contribution in [2.45, 2.75) is 17.2 Å². The molecular weight excluding hydrogens is 302 g/mol. The minimum absolute atomic E-state index is 0.206. The fraction of sp³-hybridized carbons (Fsp3) is 0.167. The molecule has 1 heterocycles. The van der Waals surface area contributed by atoms with Crippen LogP contribution in [-0.4, -0.2) is 16.3 Å². The topological polar surface area (TPSA) is 54.0 Å². The van der Waals surface area contributed by atoms with Crippen LogP contribution in [0.2, 0.25) is 0 Å². The highest BCUT2D eigenvalue weighted by molar-refractivity contribution is 8.00. The normalized spacial score (nSPS) is 11.9. The number of halogens is 1. The van der Waals surface area contributed by atoms with Crippen LogP contribution in [0.25, 0.3) is 0 Å². The first-order valence-corrected chi connectivity index (χ1v) is 7.66. The quantitative estimate of drug-likeness (QED) is 0.650. The van der Waals surface area contributed by atoms with Gasteiger partial charge in [-0.05, 0) is 43.1 Å². The fourth-order valence-corrected chi connectivity index (χ4v) is 2.50. The highest BCUT2D eigenvalue weighted by Gasteiger charge is 2.08. The van der Waals surface area contributed by atoms with E-state index >= 15 is 0 Å². The van der Waals surface area contributed by atoms with E-state index in [9.17, 15) is 4.79 Å². The standard InChI is InChI=1S/C12H12ClN3OS2/c1-8(13)11(17)15-9-2-4-10(5-3-9)19-16-12-14-6-7-18-12/h2-8H,1H3,(H,14,16)(H,15,17). The van der Waals surface area contributed by atoms with Gasteiger partial charge in [-0.15, -0.1) is 22.9 Å². The number of amides is 1. The summed E-state index contributed by atoms with van der Waals surface area (Å²) in [5, 5.41) is 4.96. The molecule has 0 saturated heterocycles. The molecule has 0 aliphatic heterocycles. The lowest BCUT2D eigenvalue weighted by molar-refractivity contribution is -0.115. The number of hydrogen-bond donors (Lipinski definition) is 2. The average Bonchev–Trinajstić information content (AvgIpc) is 2.91. The van der Waals surface area contributed by atoms with Gasteiger partial charge in [0.05, 0.1) is 0 Å². The van der Waals surface area contributed by atoms with E-state index < -0.39 is 5.38 Å².